The first-order valence-corrected chi connectivity index (χ1v) is 9.92. The summed E-state index contributed by atoms with van der Waals surface area (Å²) in [6, 6.07) is 6.42. The molecule has 3 rings (SSSR count). The molecule has 0 saturated carbocycles. The Morgan fingerprint density at radius 1 is 1.25 bits per heavy atom. The smallest absolute Gasteiger partial charge is 0.233 e. The van der Waals surface area contributed by atoms with Gasteiger partial charge >= 0.3 is 0 Å². The van der Waals surface area contributed by atoms with Crippen LogP contribution in [0.1, 0.15) is 24.0 Å². The first-order valence-electron chi connectivity index (χ1n) is 8.93. The number of hydrogen-bond acceptors (Lipinski definition) is 4. The van der Waals surface area contributed by atoms with Crippen molar-refractivity contribution in [3.8, 4) is 0 Å². The number of piperazine rings is 1. The largest absolute Gasteiger partial charge is 0.377 e. The molecule has 0 N–H and O–H groups in total. The van der Waals surface area contributed by atoms with Gasteiger partial charge in [-0.2, -0.15) is 0 Å². The third-order valence-electron chi connectivity index (χ3n) is 4.91. The van der Waals surface area contributed by atoms with Crippen LogP contribution in [0.15, 0.2) is 23.1 Å². The van der Waals surface area contributed by atoms with Crippen molar-refractivity contribution in [3.63, 3.8) is 0 Å². The summed E-state index contributed by atoms with van der Waals surface area (Å²) in [6.07, 6.45) is 2.79. The average Bonchev–Trinajstić information content (AvgIpc) is 3.09. The Hall–Kier alpha value is -1.04. The molecule has 0 bridgehead atoms. The Kier molecular flexibility index (Phi) is 6.19. The predicted octanol–water partition coefficient (Wildman–Crippen LogP) is 2.72. The zero-order valence-corrected chi connectivity index (χ0v) is 15.6. The van der Waals surface area contributed by atoms with E-state index in [1.54, 1.807) is 11.8 Å². The normalized spacial score (nSPS) is 22.1. The zero-order chi connectivity index (χ0) is 16.9. The highest BCUT2D eigenvalue weighted by Crippen LogP contribution is 2.24. The van der Waals surface area contributed by atoms with Gasteiger partial charge in [0.1, 0.15) is 0 Å². The monoisotopic (exact) mass is 348 g/mol. The molecule has 1 aromatic carbocycles. The first kappa shape index (κ1) is 17.8. The van der Waals surface area contributed by atoms with E-state index in [1.807, 2.05) is 4.90 Å². The van der Waals surface area contributed by atoms with Crippen LogP contribution in [0.3, 0.4) is 0 Å². The van der Waals surface area contributed by atoms with Gasteiger partial charge in [-0.15, -0.1) is 11.8 Å². The second-order valence-electron chi connectivity index (χ2n) is 6.87. The summed E-state index contributed by atoms with van der Waals surface area (Å²) in [4.78, 5) is 18.2. The molecule has 1 aromatic rings. The van der Waals surface area contributed by atoms with Gasteiger partial charge in [-0.1, -0.05) is 17.7 Å². The predicted molar refractivity (Wildman–Crippen MR) is 98.6 cm³/mol. The van der Waals surface area contributed by atoms with Crippen LogP contribution < -0.4 is 0 Å². The van der Waals surface area contributed by atoms with Crippen molar-refractivity contribution in [2.24, 2.45) is 0 Å². The van der Waals surface area contributed by atoms with Crippen molar-refractivity contribution in [2.75, 3.05) is 45.1 Å². The summed E-state index contributed by atoms with van der Waals surface area (Å²) in [5.74, 6) is 0.799. The Morgan fingerprint density at radius 3 is 2.75 bits per heavy atom. The van der Waals surface area contributed by atoms with E-state index in [-0.39, 0.29) is 5.91 Å². The van der Waals surface area contributed by atoms with E-state index in [4.69, 9.17) is 4.74 Å². The average molecular weight is 349 g/mol. The molecule has 0 spiro atoms. The molecular formula is C19H28N2O2S. The van der Waals surface area contributed by atoms with E-state index < -0.39 is 0 Å². The van der Waals surface area contributed by atoms with Gasteiger partial charge in [0.2, 0.25) is 5.91 Å². The standard InChI is InChI=1S/C19H28N2O2S/c1-15-5-6-16(2)18(12-15)24-14-19(22)21-9-7-20(8-10-21)13-17-4-3-11-23-17/h5-6,12,17H,3-4,7-11,13-14H2,1-2H3. The minimum atomic E-state index is 0.262. The maximum atomic E-state index is 12.5. The maximum absolute atomic E-state index is 12.5. The Morgan fingerprint density at radius 2 is 2.04 bits per heavy atom. The van der Waals surface area contributed by atoms with E-state index in [1.165, 1.54) is 28.9 Å². The molecule has 1 amide bonds. The van der Waals surface area contributed by atoms with Crippen LogP contribution in [0.25, 0.3) is 0 Å². The fraction of sp³-hybridized carbons (Fsp3) is 0.632. The second-order valence-corrected chi connectivity index (χ2v) is 7.89. The van der Waals surface area contributed by atoms with E-state index in [9.17, 15) is 4.79 Å². The summed E-state index contributed by atoms with van der Waals surface area (Å²) < 4.78 is 5.71. The van der Waals surface area contributed by atoms with Crippen LogP contribution in [0.5, 0.6) is 0 Å². The molecule has 24 heavy (non-hydrogen) atoms. The van der Waals surface area contributed by atoms with Gasteiger partial charge in [0.05, 0.1) is 11.9 Å². The highest BCUT2D eigenvalue weighted by molar-refractivity contribution is 8.00. The lowest BCUT2D eigenvalue weighted by molar-refractivity contribution is -0.130. The van der Waals surface area contributed by atoms with Crippen LogP contribution in [0, 0.1) is 13.8 Å². The minimum Gasteiger partial charge on any atom is -0.377 e. The number of rotatable bonds is 5. The molecule has 0 aliphatic carbocycles. The van der Waals surface area contributed by atoms with E-state index in [0.717, 1.165) is 39.3 Å². The Balaban J connectivity index is 1.42. The molecule has 2 fully saturated rings. The van der Waals surface area contributed by atoms with Gasteiger partial charge in [-0.3, -0.25) is 9.69 Å². The number of carbonyl (C=O) groups excluding carboxylic acids is 1. The third kappa shape index (κ3) is 4.74. The van der Waals surface area contributed by atoms with Crippen LogP contribution in [-0.2, 0) is 9.53 Å². The molecule has 1 unspecified atom stereocenters. The number of thioether (sulfide) groups is 1. The van der Waals surface area contributed by atoms with E-state index in [2.05, 4.69) is 36.9 Å². The fourth-order valence-electron chi connectivity index (χ4n) is 3.35. The van der Waals surface area contributed by atoms with Crippen molar-refractivity contribution < 1.29 is 9.53 Å². The number of ether oxygens (including phenoxy) is 1. The molecule has 5 heteroatoms. The summed E-state index contributed by atoms with van der Waals surface area (Å²) in [7, 11) is 0. The van der Waals surface area contributed by atoms with Gasteiger partial charge in [-0.05, 0) is 38.3 Å². The third-order valence-corrected chi connectivity index (χ3v) is 6.05. The van der Waals surface area contributed by atoms with Gasteiger partial charge in [0, 0.05) is 44.2 Å². The number of amides is 1. The van der Waals surface area contributed by atoms with Crippen LogP contribution in [-0.4, -0.2) is 66.9 Å². The maximum Gasteiger partial charge on any atom is 0.233 e. The van der Waals surface area contributed by atoms with Crippen LogP contribution >= 0.6 is 11.8 Å². The molecule has 2 aliphatic rings. The molecular weight excluding hydrogens is 320 g/mol. The summed E-state index contributed by atoms with van der Waals surface area (Å²) in [5.41, 5.74) is 2.50. The van der Waals surface area contributed by atoms with Crippen molar-refractivity contribution in [1.29, 1.82) is 0 Å². The zero-order valence-electron chi connectivity index (χ0n) is 14.8. The Bertz CT molecular complexity index is 564. The fourth-order valence-corrected chi connectivity index (χ4v) is 4.38. The second kappa shape index (κ2) is 8.37. The molecule has 0 radical (unpaired) electrons. The molecule has 2 saturated heterocycles. The van der Waals surface area contributed by atoms with Gasteiger partial charge in [0.25, 0.3) is 0 Å². The van der Waals surface area contributed by atoms with Gasteiger partial charge in [-0.25, -0.2) is 0 Å². The summed E-state index contributed by atoms with van der Waals surface area (Å²) in [6.45, 7) is 9.78. The Labute approximate surface area is 149 Å². The SMILES string of the molecule is Cc1ccc(C)c(SCC(=O)N2CCN(CC3CCCO3)CC2)c1. The lowest BCUT2D eigenvalue weighted by atomic mass is 10.2. The molecule has 4 nitrogen and oxygen atoms in total. The van der Waals surface area contributed by atoms with Crippen LogP contribution in [0.2, 0.25) is 0 Å². The number of benzene rings is 1. The topological polar surface area (TPSA) is 32.8 Å². The molecule has 2 heterocycles. The molecule has 132 valence electrons. The summed E-state index contributed by atoms with van der Waals surface area (Å²) in [5, 5.41) is 0. The van der Waals surface area contributed by atoms with Gasteiger partial charge in [0.15, 0.2) is 0 Å². The minimum absolute atomic E-state index is 0.262. The first-order chi connectivity index (χ1) is 11.6. The summed E-state index contributed by atoms with van der Waals surface area (Å²) >= 11 is 1.67. The van der Waals surface area contributed by atoms with Crippen molar-refractivity contribution in [3.05, 3.63) is 29.3 Å². The molecule has 2 aliphatic heterocycles. The van der Waals surface area contributed by atoms with Crippen molar-refractivity contribution in [1.82, 2.24) is 9.80 Å². The highest BCUT2D eigenvalue weighted by atomic mass is 32.2. The number of nitrogens with zero attached hydrogens (tertiary/aromatic N) is 2. The molecule has 0 aromatic heterocycles. The lowest BCUT2D eigenvalue weighted by Gasteiger charge is -2.35. The van der Waals surface area contributed by atoms with E-state index >= 15 is 0 Å². The van der Waals surface area contributed by atoms with Crippen molar-refractivity contribution >= 4 is 17.7 Å². The highest BCUT2D eigenvalue weighted by Gasteiger charge is 2.24. The number of aryl methyl sites for hydroxylation is 2. The number of carbonyl (C=O) groups is 1. The molecule has 1 atom stereocenters. The number of hydrogen-bond donors (Lipinski definition) is 0. The van der Waals surface area contributed by atoms with Crippen molar-refractivity contribution in [2.45, 2.75) is 37.7 Å². The van der Waals surface area contributed by atoms with Gasteiger partial charge < -0.3 is 9.64 Å². The quantitative estimate of drug-likeness (QED) is 0.766. The van der Waals surface area contributed by atoms with Crippen LogP contribution in [0.4, 0.5) is 0 Å². The van der Waals surface area contributed by atoms with E-state index in [0.29, 0.717) is 11.9 Å². The lowest BCUT2D eigenvalue weighted by Crippen LogP contribution is -2.50.